The van der Waals surface area contributed by atoms with E-state index in [-0.39, 0.29) is 29.4 Å². The van der Waals surface area contributed by atoms with E-state index in [0.29, 0.717) is 19.8 Å². The molecule has 154 valence electrons. The van der Waals surface area contributed by atoms with Crippen molar-refractivity contribution >= 4 is 29.9 Å². The molecule has 0 amide bonds. The van der Waals surface area contributed by atoms with Gasteiger partial charge in [-0.05, 0) is 23.3 Å². The number of ether oxygens (including phenoxy) is 2. The van der Waals surface area contributed by atoms with Crippen LogP contribution in [0.2, 0.25) is 0 Å². The summed E-state index contributed by atoms with van der Waals surface area (Å²) >= 11 is 0. The fourth-order valence-corrected chi connectivity index (χ4v) is 2.65. The monoisotopic (exact) mass is 497 g/mol. The fourth-order valence-electron chi connectivity index (χ4n) is 2.65. The molecule has 28 heavy (non-hydrogen) atoms. The molecule has 0 aromatic heterocycles. The summed E-state index contributed by atoms with van der Waals surface area (Å²) in [5.74, 6) is 1.64. The highest BCUT2D eigenvalue weighted by Gasteiger charge is 2.20. The summed E-state index contributed by atoms with van der Waals surface area (Å²) < 4.78 is 10.6. The highest BCUT2D eigenvalue weighted by molar-refractivity contribution is 14.0. The van der Waals surface area contributed by atoms with Gasteiger partial charge in [0.25, 0.3) is 0 Å². The SMILES string of the molecule is CN=C(NCc1ccc(OCCOC)cc1)NCC(C)(C)c1ccccc1.I. The number of halogens is 1. The number of benzene rings is 2. The number of nitrogens with one attached hydrogen (secondary N) is 2. The lowest BCUT2D eigenvalue weighted by molar-refractivity contribution is 0.146. The molecule has 0 unspecified atom stereocenters. The maximum Gasteiger partial charge on any atom is 0.191 e. The lowest BCUT2D eigenvalue weighted by Crippen LogP contribution is -2.43. The molecule has 0 saturated heterocycles. The first-order valence-corrected chi connectivity index (χ1v) is 9.26. The molecule has 2 N–H and O–H groups in total. The van der Waals surface area contributed by atoms with Crippen LogP contribution in [0.4, 0.5) is 0 Å². The minimum atomic E-state index is 0. The van der Waals surface area contributed by atoms with Crippen molar-refractivity contribution in [2.24, 2.45) is 4.99 Å². The van der Waals surface area contributed by atoms with Crippen LogP contribution in [0.25, 0.3) is 0 Å². The Bertz CT molecular complexity index is 703. The maximum absolute atomic E-state index is 5.58. The van der Waals surface area contributed by atoms with Crippen LogP contribution < -0.4 is 15.4 Å². The van der Waals surface area contributed by atoms with E-state index in [1.54, 1.807) is 14.2 Å². The van der Waals surface area contributed by atoms with Crippen LogP contribution in [0.3, 0.4) is 0 Å². The Labute approximate surface area is 186 Å². The van der Waals surface area contributed by atoms with Crippen LogP contribution in [0.15, 0.2) is 59.6 Å². The van der Waals surface area contributed by atoms with Crippen molar-refractivity contribution in [1.29, 1.82) is 0 Å². The van der Waals surface area contributed by atoms with Crippen molar-refractivity contribution in [3.8, 4) is 5.75 Å². The first kappa shape index (κ1) is 24.2. The molecule has 2 rings (SSSR count). The van der Waals surface area contributed by atoms with Gasteiger partial charge in [-0.3, -0.25) is 4.99 Å². The van der Waals surface area contributed by atoms with E-state index in [2.05, 4.69) is 65.9 Å². The second-order valence-electron chi connectivity index (χ2n) is 7.01. The van der Waals surface area contributed by atoms with E-state index in [9.17, 15) is 0 Å². The van der Waals surface area contributed by atoms with Crippen molar-refractivity contribution in [2.75, 3.05) is 33.9 Å². The van der Waals surface area contributed by atoms with Crippen molar-refractivity contribution in [2.45, 2.75) is 25.8 Å². The molecule has 5 nitrogen and oxygen atoms in total. The van der Waals surface area contributed by atoms with Crippen molar-refractivity contribution in [3.63, 3.8) is 0 Å². The lowest BCUT2D eigenvalue weighted by Gasteiger charge is -2.26. The Morgan fingerprint density at radius 3 is 2.25 bits per heavy atom. The number of guanidine groups is 1. The van der Waals surface area contributed by atoms with Gasteiger partial charge < -0.3 is 20.1 Å². The number of hydrogen-bond donors (Lipinski definition) is 2. The van der Waals surface area contributed by atoms with Gasteiger partial charge >= 0.3 is 0 Å². The van der Waals surface area contributed by atoms with Crippen LogP contribution in [-0.2, 0) is 16.7 Å². The van der Waals surface area contributed by atoms with Gasteiger partial charge in [-0.15, -0.1) is 24.0 Å². The van der Waals surface area contributed by atoms with Crippen LogP contribution in [0.1, 0.15) is 25.0 Å². The average molecular weight is 497 g/mol. The number of aliphatic imine (C=N–C) groups is 1. The summed E-state index contributed by atoms with van der Waals surface area (Å²) in [6.07, 6.45) is 0. The summed E-state index contributed by atoms with van der Waals surface area (Å²) in [5.41, 5.74) is 2.48. The highest BCUT2D eigenvalue weighted by atomic mass is 127. The van der Waals surface area contributed by atoms with E-state index >= 15 is 0 Å². The largest absolute Gasteiger partial charge is 0.491 e. The normalized spacial score (nSPS) is 11.5. The van der Waals surface area contributed by atoms with E-state index in [1.165, 1.54) is 11.1 Å². The minimum Gasteiger partial charge on any atom is -0.491 e. The third kappa shape index (κ3) is 8.06. The predicted octanol–water partition coefficient (Wildman–Crippen LogP) is 3.97. The molecule has 0 bridgehead atoms. The standard InChI is InChI=1S/C22H31N3O2.HI/c1-22(2,19-8-6-5-7-9-19)17-25-21(23-3)24-16-18-10-12-20(13-11-18)27-15-14-26-4;/h5-13H,14-17H2,1-4H3,(H2,23,24,25);1H. The van der Waals surface area contributed by atoms with Crippen LogP contribution >= 0.6 is 24.0 Å². The molecule has 0 fully saturated rings. The molecule has 0 heterocycles. The Morgan fingerprint density at radius 1 is 0.964 bits per heavy atom. The molecule has 0 spiro atoms. The van der Waals surface area contributed by atoms with E-state index in [0.717, 1.165) is 18.3 Å². The zero-order valence-electron chi connectivity index (χ0n) is 17.2. The molecule has 0 radical (unpaired) electrons. The Morgan fingerprint density at radius 2 is 1.64 bits per heavy atom. The lowest BCUT2D eigenvalue weighted by atomic mass is 9.85. The number of methoxy groups -OCH3 is 1. The Kier molecular flexibility index (Phi) is 10.9. The molecular formula is C22H32IN3O2. The van der Waals surface area contributed by atoms with Gasteiger partial charge in [0, 0.05) is 32.7 Å². The molecule has 2 aromatic carbocycles. The molecule has 0 atom stereocenters. The van der Waals surface area contributed by atoms with Gasteiger partial charge in [0.15, 0.2) is 5.96 Å². The van der Waals surface area contributed by atoms with Gasteiger partial charge in [-0.25, -0.2) is 0 Å². The van der Waals surface area contributed by atoms with Gasteiger partial charge in [-0.1, -0.05) is 56.3 Å². The minimum absolute atomic E-state index is 0. The zero-order valence-corrected chi connectivity index (χ0v) is 19.5. The van der Waals surface area contributed by atoms with Crippen molar-refractivity contribution < 1.29 is 9.47 Å². The number of rotatable bonds is 9. The smallest absolute Gasteiger partial charge is 0.191 e. The fraction of sp³-hybridized carbons (Fsp3) is 0.409. The molecule has 0 aliphatic heterocycles. The summed E-state index contributed by atoms with van der Waals surface area (Å²) in [4.78, 5) is 4.32. The summed E-state index contributed by atoms with van der Waals surface area (Å²) in [6, 6.07) is 18.6. The summed E-state index contributed by atoms with van der Waals surface area (Å²) in [6.45, 7) is 7.09. The quantitative estimate of drug-likeness (QED) is 0.238. The highest BCUT2D eigenvalue weighted by Crippen LogP contribution is 2.21. The summed E-state index contributed by atoms with van der Waals surface area (Å²) in [7, 11) is 3.46. The zero-order chi connectivity index (χ0) is 19.5. The van der Waals surface area contributed by atoms with Crippen LogP contribution in [0, 0.1) is 0 Å². The second-order valence-corrected chi connectivity index (χ2v) is 7.01. The van der Waals surface area contributed by atoms with Gasteiger partial charge in [0.05, 0.1) is 6.61 Å². The third-order valence-corrected chi connectivity index (χ3v) is 4.42. The molecule has 0 aliphatic rings. The molecular weight excluding hydrogens is 465 g/mol. The van der Waals surface area contributed by atoms with Gasteiger partial charge in [0.2, 0.25) is 0 Å². The van der Waals surface area contributed by atoms with Crippen LogP contribution in [-0.4, -0.2) is 39.9 Å². The molecule has 0 aliphatic carbocycles. The van der Waals surface area contributed by atoms with E-state index in [4.69, 9.17) is 9.47 Å². The van der Waals surface area contributed by atoms with Gasteiger partial charge in [0.1, 0.15) is 12.4 Å². The molecule has 0 saturated carbocycles. The maximum atomic E-state index is 5.58. The first-order valence-electron chi connectivity index (χ1n) is 9.26. The van der Waals surface area contributed by atoms with Gasteiger partial charge in [-0.2, -0.15) is 0 Å². The molecule has 2 aromatic rings. The van der Waals surface area contributed by atoms with Crippen LogP contribution in [0.5, 0.6) is 5.75 Å². The Hall–Kier alpha value is -1.80. The molecule has 6 heteroatoms. The first-order chi connectivity index (χ1) is 13.0. The predicted molar refractivity (Wildman–Crippen MR) is 127 cm³/mol. The van der Waals surface area contributed by atoms with E-state index < -0.39 is 0 Å². The third-order valence-electron chi connectivity index (χ3n) is 4.42. The second kappa shape index (κ2) is 12.6. The van der Waals surface area contributed by atoms with Crippen molar-refractivity contribution in [1.82, 2.24) is 10.6 Å². The summed E-state index contributed by atoms with van der Waals surface area (Å²) in [5, 5.41) is 6.78. The van der Waals surface area contributed by atoms with Crippen molar-refractivity contribution in [3.05, 3.63) is 65.7 Å². The Balaban J connectivity index is 0.00000392. The number of nitrogens with zero attached hydrogens (tertiary/aromatic N) is 1. The topological polar surface area (TPSA) is 54.9 Å². The van der Waals surface area contributed by atoms with E-state index in [1.807, 2.05) is 18.2 Å². The average Bonchev–Trinajstić information content (AvgIpc) is 2.70. The number of hydrogen-bond acceptors (Lipinski definition) is 3.